The molecule has 2 heterocycles. The summed E-state index contributed by atoms with van der Waals surface area (Å²) in [5.74, 6) is -2.66. The van der Waals surface area contributed by atoms with Crippen LogP contribution in [0.4, 0.5) is 5.69 Å². The highest BCUT2D eigenvalue weighted by Gasteiger charge is 2.63. The fourth-order valence-electron chi connectivity index (χ4n) is 2.68. The van der Waals surface area contributed by atoms with Gasteiger partial charge in [-0.25, -0.2) is 9.69 Å². The van der Waals surface area contributed by atoms with E-state index in [9.17, 15) is 14.4 Å². The topological polar surface area (TPSA) is 88.1 Å². The van der Waals surface area contributed by atoms with Gasteiger partial charge < -0.3 is 4.74 Å². The lowest BCUT2D eigenvalue weighted by Crippen LogP contribution is -2.48. The maximum atomic E-state index is 12.7. The summed E-state index contributed by atoms with van der Waals surface area (Å²) in [5.41, 5.74) is 1.71. The molecule has 8 heteroatoms. The molecule has 3 rings (SSSR count). The number of hydrazone groups is 1. The first-order valence-corrected chi connectivity index (χ1v) is 7.26. The first-order valence-electron chi connectivity index (χ1n) is 6.47. The lowest BCUT2D eigenvalue weighted by Gasteiger charge is -2.20. The Balaban J connectivity index is 2.03. The molecule has 0 radical (unpaired) electrons. The third-order valence-corrected chi connectivity index (χ3v) is 4.38. The number of halogens is 1. The molecule has 0 aromatic heterocycles. The van der Waals surface area contributed by atoms with Crippen LogP contribution in [0.15, 0.2) is 33.8 Å². The number of carbonyl (C=O) groups excluding carboxylic acids is 3. The third-order valence-electron chi connectivity index (χ3n) is 3.85. The Morgan fingerprint density at radius 1 is 1.36 bits per heavy atom. The van der Waals surface area contributed by atoms with Gasteiger partial charge >= 0.3 is 5.97 Å². The molecule has 2 amide bonds. The summed E-state index contributed by atoms with van der Waals surface area (Å²) >= 11 is 3.30. The number of esters is 1. The highest BCUT2D eigenvalue weighted by Crippen LogP contribution is 2.38. The molecule has 0 unspecified atom stereocenters. The number of imide groups is 1. The fourth-order valence-corrected chi connectivity index (χ4v) is 2.94. The van der Waals surface area contributed by atoms with Gasteiger partial charge in [-0.1, -0.05) is 15.9 Å². The Morgan fingerprint density at radius 2 is 2.00 bits per heavy atom. The average molecular weight is 366 g/mol. The van der Waals surface area contributed by atoms with Crippen molar-refractivity contribution in [1.29, 1.82) is 0 Å². The predicted molar refractivity (Wildman–Crippen MR) is 81.1 cm³/mol. The van der Waals surface area contributed by atoms with Crippen molar-refractivity contribution in [3.63, 3.8) is 0 Å². The van der Waals surface area contributed by atoms with E-state index >= 15 is 0 Å². The highest BCUT2D eigenvalue weighted by atomic mass is 79.9. The van der Waals surface area contributed by atoms with Crippen LogP contribution in [0.2, 0.25) is 0 Å². The summed E-state index contributed by atoms with van der Waals surface area (Å²) in [6, 6.07) is 6.77. The van der Waals surface area contributed by atoms with Crippen molar-refractivity contribution in [2.75, 3.05) is 12.0 Å². The molecule has 1 aromatic carbocycles. The zero-order valence-electron chi connectivity index (χ0n) is 11.8. The maximum absolute atomic E-state index is 12.7. The van der Waals surface area contributed by atoms with Gasteiger partial charge in [-0.3, -0.25) is 15.0 Å². The summed E-state index contributed by atoms with van der Waals surface area (Å²) in [6.45, 7) is 1.55. The Kier molecular flexibility index (Phi) is 3.28. The first-order chi connectivity index (χ1) is 10.4. The minimum Gasteiger partial charge on any atom is -0.464 e. The lowest BCUT2D eigenvalue weighted by molar-refractivity contribution is -0.133. The number of methoxy groups -OCH3 is 1. The summed E-state index contributed by atoms with van der Waals surface area (Å²) in [5, 5.41) is 3.82. The van der Waals surface area contributed by atoms with Gasteiger partial charge in [0.1, 0.15) is 11.5 Å². The minimum atomic E-state index is -1.27. The number of rotatable bonds is 2. The van der Waals surface area contributed by atoms with E-state index in [-0.39, 0.29) is 5.71 Å². The molecule has 114 valence electrons. The van der Waals surface area contributed by atoms with E-state index in [2.05, 4.69) is 31.2 Å². The second-order valence-electron chi connectivity index (χ2n) is 5.19. The molecule has 0 saturated carbocycles. The molecule has 7 nitrogen and oxygen atoms in total. The molecule has 2 aliphatic rings. The van der Waals surface area contributed by atoms with Crippen molar-refractivity contribution in [2.24, 2.45) is 11.0 Å². The van der Waals surface area contributed by atoms with Crippen LogP contribution in [0.25, 0.3) is 0 Å². The standard InChI is InChI=1S/C14H12BrN3O4/c1-14-9(10(16-17-14)12(20)22-2)11(19)18(13(14)21)8-5-3-7(15)4-6-8/h3-6,9,17H,1-2H3/t9-,14+/m1/s1. The van der Waals surface area contributed by atoms with E-state index in [0.29, 0.717) is 5.69 Å². The molecule has 1 aromatic rings. The van der Waals surface area contributed by atoms with Crippen molar-refractivity contribution in [2.45, 2.75) is 12.5 Å². The molecule has 2 aliphatic heterocycles. The highest BCUT2D eigenvalue weighted by molar-refractivity contribution is 9.10. The quantitative estimate of drug-likeness (QED) is 0.619. The molecule has 0 bridgehead atoms. The van der Waals surface area contributed by atoms with Crippen LogP contribution in [0.3, 0.4) is 0 Å². The predicted octanol–water partition coefficient (Wildman–Crippen LogP) is 0.829. The number of benzene rings is 1. The molecule has 1 saturated heterocycles. The van der Waals surface area contributed by atoms with Crippen LogP contribution in [-0.2, 0) is 19.1 Å². The van der Waals surface area contributed by atoms with E-state index in [1.165, 1.54) is 7.11 Å². The Hall–Kier alpha value is -2.22. The first kappa shape index (κ1) is 14.7. The van der Waals surface area contributed by atoms with Crippen LogP contribution >= 0.6 is 15.9 Å². The SMILES string of the molecule is COC(=O)C1=NN[C@]2(C)C(=O)N(c3ccc(Br)cc3)C(=O)[C@@H]12. The second kappa shape index (κ2) is 4.91. The lowest BCUT2D eigenvalue weighted by atomic mass is 9.86. The zero-order valence-corrected chi connectivity index (χ0v) is 13.4. The Bertz CT molecular complexity index is 715. The van der Waals surface area contributed by atoms with Crippen molar-refractivity contribution in [1.82, 2.24) is 5.43 Å². The summed E-state index contributed by atoms with van der Waals surface area (Å²) < 4.78 is 5.46. The van der Waals surface area contributed by atoms with E-state index in [4.69, 9.17) is 0 Å². The number of nitrogens with zero attached hydrogens (tertiary/aromatic N) is 2. The normalized spacial score (nSPS) is 26.6. The molecule has 1 N–H and O–H groups in total. The van der Waals surface area contributed by atoms with Gasteiger partial charge in [0.2, 0.25) is 5.91 Å². The van der Waals surface area contributed by atoms with Gasteiger partial charge in [-0.15, -0.1) is 0 Å². The molecule has 1 fully saturated rings. The smallest absolute Gasteiger partial charge is 0.355 e. The van der Waals surface area contributed by atoms with Crippen LogP contribution in [-0.4, -0.2) is 36.1 Å². The van der Waals surface area contributed by atoms with E-state index in [1.54, 1.807) is 31.2 Å². The van der Waals surface area contributed by atoms with Crippen LogP contribution in [0.5, 0.6) is 0 Å². The monoisotopic (exact) mass is 365 g/mol. The fraction of sp³-hybridized carbons (Fsp3) is 0.286. The summed E-state index contributed by atoms with van der Waals surface area (Å²) in [4.78, 5) is 38.2. The average Bonchev–Trinajstić information content (AvgIpc) is 2.95. The van der Waals surface area contributed by atoms with Crippen molar-refractivity contribution in [3.8, 4) is 0 Å². The number of hydrogen-bond donors (Lipinski definition) is 1. The van der Waals surface area contributed by atoms with E-state index in [1.807, 2.05) is 0 Å². The van der Waals surface area contributed by atoms with Crippen LogP contribution < -0.4 is 10.3 Å². The molecular weight excluding hydrogens is 354 g/mol. The minimum absolute atomic E-state index is 0.0806. The third kappa shape index (κ3) is 1.87. The van der Waals surface area contributed by atoms with E-state index < -0.39 is 29.2 Å². The van der Waals surface area contributed by atoms with E-state index in [0.717, 1.165) is 9.37 Å². The summed E-state index contributed by atoms with van der Waals surface area (Å²) in [7, 11) is 1.20. The maximum Gasteiger partial charge on any atom is 0.355 e. The van der Waals surface area contributed by atoms with Crippen molar-refractivity contribution in [3.05, 3.63) is 28.7 Å². The summed E-state index contributed by atoms with van der Waals surface area (Å²) in [6.07, 6.45) is 0. The van der Waals surface area contributed by atoms with Gasteiger partial charge in [-0.2, -0.15) is 5.10 Å². The number of ether oxygens (including phenoxy) is 1. The van der Waals surface area contributed by atoms with Gasteiger partial charge in [0.05, 0.1) is 12.8 Å². The molecular formula is C14H12BrN3O4. The number of nitrogens with one attached hydrogen (secondary N) is 1. The Morgan fingerprint density at radius 3 is 2.59 bits per heavy atom. The molecule has 0 aliphatic carbocycles. The van der Waals surface area contributed by atoms with Gasteiger partial charge in [0.15, 0.2) is 5.71 Å². The van der Waals surface area contributed by atoms with Crippen LogP contribution in [0.1, 0.15) is 6.92 Å². The second-order valence-corrected chi connectivity index (χ2v) is 6.11. The largest absolute Gasteiger partial charge is 0.464 e. The number of anilines is 1. The molecule has 22 heavy (non-hydrogen) atoms. The number of hydrogen-bond acceptors (Lipinski definition) is 6. The van der Waals surface area contributed by atoms with Crippen LogP contribution in [0, 0.1) is 5.92 Å². The van der Waals surface area contributed by atoms with Gasteiger partial charge in [0.25, 0.3) is 5.91 Å². The number of carbonyl (C=O) groups is 3. The van der Waals surface area contributed by atoms with Crippen molar-refractivity contribution >= 4 is 45.1 Å². The number of fused-ring (bicyclic) bond motifs is 1. The Labute approximate surface area is 134 Å². The molecule has 2 atom stereocenters. The van der Waals surface area contributed by atoms with Crippen molar-refractivity contribution < 1.29 is 19.1 Å². The molecule has 0 spiro atoms. The zero-order chi connectivity index (χ0) is 16.1. The number of amides is 2. The van der Waals surface area contributed by atoms with Gasteiger partial charge in [0, 0.05) is 4.47 Å². The van der Waals surface area contributed by atoms with Gasteiger partial charge in [-0.05, 0) is 31.2 Å².